The van der Waals surface area contributed by atoms with Crippen LogP contribution in [0, 0.1) is 0 Å². The summed E-state index contributed by atoms with van der Waals surface area (Å²) in [6, 6.07) is 8.65. The van der Waals surface area contributed by atoms with E-state index in [0.717, 1.165) is 5.56 Å². The molecular formula is C25H37NO11. The van der Waals surface area contributed by atoms with E-state index in [9.17, 15) is 25.2 Å². The summed E-state index contributed by atoms with van der Waals surface area (Å²) in [6.45, 7) is 4.76. The fourth-order valence-corrected chi connectivity index (χ4v) is 4.37. The topological polar surface area (TPSA) is 165 Å². The van der Waals surface area contributed by atoms with Crippen molar-refractivity contribution in [3.63, 3.8) is 0 Å². The van der Waals surface area contributed by atoms with Gasteiger partial charge >= 0.3 is 0 Å². The summed E-state index contributed by atoms with van der Waals surface area (Å²) in [5, 5.41) is 43.3. The molecular weight excluding hydrogens is 490 g/mol. The van der Waals surface area contributed by atoms with Gasteiger partial charge in [0.25, 0.3) is 0 Å². The van der Waals surface area contributed by atoms with Crippen molar-refractivity contribution in [3.05, 3.63) is 48.6 Å². The molecule has 2 fully saturated rings. The van der Waals surface area contributed by atoms with Crippen molar-refractivity contribution >= 4 is 5.91 Å². The summed E-state index contributed by atoms with van der Waals surface area (Å²) in [4.78, 5) is 12.0. The molecule has 6 unspecified atom stereocenters. The van der Waals surface area contributed by atoms with Gasteiger partial charge in [0.1, 0.15) is 48.8 Å². The van der Waals surface area contributed by atoms with E-state index < -0.39 is 68.0 Å². The van der Waals surface area contributed by atoms with Gasteiger partial charge in [0.15, 0.2) is 12.6 Å². The SMILES string of the molecule is C=CCOC1C(NC(C)=O)[C@H](OC)OC(COCc2ccccc2)[C@@H]1O[C@@H]1OC(CO)[C@H](O)C(O)C1O. The lowest BCUT2D eigenvalue weighted by molar-refractivity contribution is -0.350. The number of carbonyl (C=O) groups excluding carboxylic acids is 1. The summed E-state index contributed by atoms with van der Waals surface area (Å²) >= 11 is 0. The van der Waals surface area contributed by atoms with Gasteiger partial charge in [0.2, 0.25) is 5.91 Å². The van der Waals surface area contributed by atoms with Crippen molar-refractivity contribution in [1.82, 2.24) is 5.32 Å². The van der Waals surface area contributed by atoms with E-state index in [2.05, 4.69) is 11.9 Å². The Morgan fingerprint density at radius 2 is 1.76 bits per heavy atom. The van der Waals surface area contributed by atoms with Crippen LogP contribution >= 0.6 is 0 Å². The van der Waals surface area contributed by atoms with Gasteiger partial charge in [-0.2, -0.15) is 0 Å². The number of methoxy groups -OCH3 is 1. The Labute approximate surface area is 215 Å². The molecule has 1 aromatic carbocycles. The zero-order valence-electron chi connectivity index (χ0n) is 20.9. The predicted octanol–water partition coefficient (Wildman–Crippen LogP) is -1.16. The average molecular weight is 528 g/mol. The van der Waals surface area contributed by atoms with E-state index in [4.69, 9.17) is 28.4 Å². The number of hydrogen-bond donors (Lipinski definition) is 5. The second kappa shape index (κ2) is 14.3. The van der Waals surface area contributed by atoms with Crippen molar-refractivity contribution in [2.45, 2.75) is 74.9 Å². The minimum atomic E-state index is -1.65. The number of aliphatic hydroxyl groups excluding tert-OH is 4. The third-order valence-electron chi connectivity index (χ3n) is 6.19. The molecule has 2 aliphatic rings. The zero-order chi connectivity index (χ0) is 26.9. The van der Waals surface area contributed by atoms with E-state index in [-0.39, 0.29) is 25.7 Å². The Morgan fingerprint density at radius 1 is 1.05 bits per heavy atom. The summed E-state index contributed by atoms with van der Waals surface area (Å²) in [5.74, 6) is -0.367. The van der Waals surface area contributed by atoms with Crippen LogP contribution in [0.2, 0.25) is 0 Å². The van der Waals surface area contributed by atoms with Crippen molar-refractivity contribution in [2.75, 3.05) is 26.9 Å². The van der Waals surface area contributed by atoms with Crippen LogP contribution in [0.15, 0.2) is 43.0 Å². The molecule has 1 aromatic rings. The van der Waals surface area contributed by atoms with E-state index in [1.165, 1.54) is 20.1 Å². The van der Waals surface area contributed by atoms with Crippen molar-refractivity contribution in [3.8, 4) is 0 Å². The van der Waals surface area contributed by atoms with Crippen LogP contribution in [0.25, 0.3) is 0 Å². The van der Waals surface area contributed by atoms with Crippen LogP contribution in [-0.2, 0) is 39.8 Å². The van der Waals surface area contributed by atoms with Crippen molar-refractivity contribution in [1.29, 1.82) is 0 Å². The largest absolute Gasteiger partial charge is 0.394 e. The van der Waals surface area contributed by atoms with E-state index in [1.54, 1.807) is 0 Å². The first-order valence-corrected chi connectivity index (χ1v) is 12.1. The quantitative estimate of drug-likeness (QED) is 0.208. The molecule has 0 saturated carbocycles. The number of hydrogen-bond acceptors (Lipinski definition) is 11. The molecule has 10 atom stereocenters. The molecule has 0 radical (unpaired) electrons. The summed E-state index contributed by atoms with van der Waals surface area (Å²) < 4.78 is 35.1. The highest BCUT2D eigenvalue weighted by atomic mass is 16.7. The molecule has 12 nitrogen and oxygen atoms in total. The summed E-state index contributed by atoms with van der Waals surface area (Å²) in [6.07, 6.45) is -9.63. The first-order valence-electron chi connectivity index (χ1n) is 12.1. The molecule has 208 valence electrons. The van der Waals surface area contributed by atoms with Crippen LogP contribution in [0.3, 0.4) is 0 Å². The van der Waals surface area contributed by atoms with Crippen molar-refractivity contribution in [2.24, 2.45) is 0 Å². The Kier molecular flexibility index (Phi) is 11.4. The van der Waals surface area contributed by atoms with Gasteiger partial charge < -0.3 is 54.2 Å². The molecule has 37 heavy (non-hydrogen) atoms. The highest BCUT2D eigenvalue weighted by molar-refractivity contribution is 5.73. The predicted molar refractivity (Wildman–Crippen MR) is 128 cm³/mol. The molecule has 2 aliphatic heterocycles. The van der Waals surface area contributed by atoms with Crippen LogP contribution in [0.4, 0.5) is 0 Å². The van der Waals surface area contributed by atoms with Gasteiger partial charge in [-0.05, 0) is 5.56 Å². The molecule has 2 saturated heterocycles. The van der Waals surface area contributed by atoms with Crippen LogP contribution in [0.1, 0.15) is 12.5 Å². The fourth-order valence-electron chi connectivity index (χ4n) is 4.37. The molecule has 2 heterocycles. The second-order valence-electron chi connectivity index (χ2n) is 8.89. The Morgan fingerprint density at radius 3 is 2.38 bits per heavy atom. The number of nitrogens with one attached hydrogen (secondary N) is 1. The smallest absolute Gasteiger partial charge is 0.217 e. The highest BCUT2D eigenvalue weighted by Crippen LogP contribution is 2.31. The number of ether oxygens (including phenoxy) is 6. The number of rotatable bonds is 12. The minimum absolute atomic E-state index is 0.0115. The molecule has 1 amide bonds. The van der Waals surface area contributed by atoms with E-state index in [1.807, 2.05) is 30.3 Å². The standard InChI is InChI=1S/C25H37NO11/c1-4-10-34-23-18(26-14(2)28)24(32-3)36-17(13-33-12-15-8-6-5-7-9-15)22(23)37-25-21(31)20(30)19(29)16(11-27)35-25/h4-9,16-25,27,29-31H,1,10-13H2,2-3H3,(H,26,28)/t16?,17?,18?,19-,20?,21?,22-,23?,24+,25-/m0/s1. The van der Waals surface area contributed by atoms with Crippen LogP contribution in [-0.4, -0.2) is 115 Å². The molecule has 12 heteroatoms. The van der Waals surface area contributed by atoms with Gasteiger partial charge in [0.05, 0.1) is 26.4 Å². The maximum absolute atomic E-state index is 12.0. The highest BCUT2D eigenvalue weighted by Gasteiger charge is 2.52. The van der Waals surface area contributed by atoms with Gasteiger partial charge in [-0.1, -0.05) is 36.4 Å². The number of amides is 1. The zero-order valence-corrected chi connectivity index (χ0v) is 20.9. The maximum Gasteiger partial charge on any atom is 0.217 e. The van der Waals surface area contributed by atoms with Crippen LogP contribution < -0.4 is 5.32 Å². The lowest BCUT2D eigenvalue weighted by atomic mass is 9.95. The molecule has 0 bridgehead atoms. The normalized spacial score (nSPS) is 36.2. The second-order valence-corrected chi connectivity index (χ2v) is 8.89. The third kappa shape index (κ3) is 7.54. The lowest BCUT2D eigenvalue weighted by Gasteiger charge is -2.48. The van der Waals surface area contributed by atoms with E-state index in [0.29, 0.717) is 0 Å². The lowest BCUT2D eigenvalue weighted by Crippen LogP contribution is -2.68. The van der Waals surface area contributed by atoms with Crippen LogP contribution in [0.5, 0.6) is 0 Å². The monoisotopic (exact) mass is 527 g/mol. The summed E-state index contributed by atoms with van der Waals surface area (Å²) in [7, 11) is 1.42. The third-order valence-corrected chi connectivity index (χ3v) is 6.19. The molecule has 0 aromatic heterocycles. The fraction of sp³-hybridized carbons (Fsp3) is 0.640. The van der Waals surface area contributed by atoms with Gasteiger partial charge in [-0.25, -0.2) is 0 Å². The molecule has 0 spiro atoms. The van der Waals surface area contributed by atoms with Gasteiger partial charge in [-0.3, -0.25) is 4.79 Å². The Balaban J connectivity index is 1.87. The molecule has 5 N–H and O–H groups in total. The van der Waals surface area contributed by atoms with Crippen molar-refractivity contribution < 1.29 is 53.6 Å². The van der Waals surface area contributed by atoms with Gasteiger partial charge in [0, 0.05) is 14.0 Å². The first-order chi connectivity index (χ1) is 17.8. The maximum atomic E-state index is 12.0. The van der Waals surface area contributed by atoms with Gasteiger partial charge in [-0.15, -0.1) is 6.58 Å². The minimum Gasteiger partial charge on any atom is -0.394 e. The number of carbonyl (C=O) groups is 1. The summed E-state index contributed by atoms with van der Waals surface area (Å²) in [5.41, 5.74) is 0.934. The average Bonchev–Trinajstić information content (AvgIpc) is 2.89. The number of benzene rings is 1. The first kappa shape index (κ1) is 29.6. The molecule has 3 rings (SSSR count). The Hall–Kier alpha value is -1.97. The Bertz CT molecular complexity index is 841. The van der Waals surface area contributed by atoms with E-state index >= 15 is 0 Å². The molecule has 0 aliphatic carbocycles. The number of aliphatic hydroxyl groups is 4.